The van der Waals surface area contributed by atoms with Gasteiger partial charge in [0.1, 0.15) is 0 Å². The van der Waals surface area contributed by atoms with Gasteiger partial charge >= 0.3 is 0 Å². The fourth-order valence-corrected chi connectivity index (χ4v) is 2.20. The van der Waals surface area contributed by atoms with E-state index >= 15 is 0 Å². The first-order valence-electron chi connectivity index (χ1n) is 6.31. The van der Waals surface area contributed by atoms with Gasteiger partial charge in [-0.2, -0.15) is 0 Å². The van der Waals surface area contributed by atoms with Gasteiger partial charge < -0.3 is 20.3 Å². The van der Waals surface area contributed by atoms with Crippen LogP contribution in [0.1, 0.15) is 25.3 Å². The Morgan fingerprint density at radius 2 is 2.17 bits per heavy atom. The molecule has 3 N–H and O–H groups in total. The maximum absolute atomic E-state index is 9.70. The number of nitrogens with one attached hydrogen (secondary N) is 1. The minimum Gasteiger partial charge on any atom is -0.504 e. The Balaban J connectivity index is 1.99. The van der Waals surface area contributed by atoms with Gasteiger partial charge in [-0.3, -0.25) is 0 Å². The number of benzene rings is 1. The van der Waals surface area contributed by atoms with E-state index in [1.54, 1.807) is 12.1 Å². The number of phenolic OH excluding ortho intramolecular Hbond substituents is 1. The van der Waals surface area contributed by atoms with Gasteiger partial charge in [0, 0.05) is 12.1 Å². The number of phenols is 1. The molecule has 0 amide bonds. The summed E-state index contributed by atoms with van der Waals surface area (Å²) in [5, 5.41) is 22.6. The summed E-state index contributed by atoms with van der Waals surface area (Å²) in [7, 11) is 1.53. The second kappa shape index (κ2) is 5.16. The molecule has 1 aliphatic carbocycles. The Hall–Kier alpha value is -1.26. The lowest BCUT2D eigenvalue weighted by molar-refractivity contribution is 0.153. The van der Waals surface area contributed by atoms with Gasteiger partial charge in [0.2, 0.25) is 0 Å². The van der Waals surface area contributed by atoms with Crippen LogP contribution in [0.4, 0.5) is 0 Å². The summed E-state index contributed by atoms with van der Waals surface area (Å²) in [5.74, 6) is 1.19. The maximum atomic E-state index is 9.70. The molecule has 0 spiro atoms. The lowest BCUT2D eigenvalue weighted by atomic mass is 9.96. The Morgan fingerprint density at radius 3 is 2.67 bits per heavy atom. The molecule has 4 heteroatoms. The van der Waals surface area contributed by atoms with Crippen LogP contribution in [0.15, 0.2) is 18.2 Å². The van der Waals surface area contributed by atoms with Crippen LogP contribution in [-0.2, 0) is 6.54 Å². The van der Waals surface area contributed by atoms with Crippen molar-refractivity contribution in [1.82, 2.24) is 5.32 Å². The Labute approximate surface area is 108 Å². The van der Waals surface area contributed by atoms with Gasteiger partial charge in [-0.05, 0) is 43.4 Å². The summed E-state index contributed by atoms with van der Waals surface area (Å²) in [6.07, 6.45) is 2.36. The number of ether oxygens (including phenoxy) is 1. The number of rotatable bonds is 6. The molecule has 0 radical (unpaired) electrons. The fraction of sp³-hybridized carbons (Fsp3) is 0.571. The molecule has 0 bridgehead atoms. The normalized spacial score (nSPS) is 18.4. The van der Waals surface area contributed by atoms with Crippen molar-refractivity contribution in [1.29, 1.82) is 0 Å². The van der Waals surface area contributed by atoms with Crippen LogP contribution < -0.4 is 10.1 Å². The molecule has 18 heavy (non-hydrogen) atoms. The summed E-state index contributed by atoms with van der Waals surface area (Å²) in [6.45, 7) is 2.82. The molecule has 4 nitrogen and oxygen atoms in total. The number of methoxy groups -OCH3 is 1. The fourth-order valence-electron chi connectivity index (χ4n) is 2.20. The van der Waals surface area contributed by atoms with Crippen molar-refractivity contribution in [2.45, 2.75) is 31.8 Å². The zero-order valence-electron chi connectivity index (χ0n) is 10.9. The number of hydrogen-bond acceptors (Lipinski definition) is 4. The molecule has 0 heterocycles. The average molecular weight is 251 g/mol. The van der Waals surface area contributed by atoms with E-state index in [1.165, 1.54) is 20.0 Å². The molecule has 1 fully saturated rings. The summed E-state index contributed by atoms with van der Waals surface area (Å²) < 4.78 is 5.00. The molecule has 1 aliphatic rings. The number of aliphatic hydroxyl groups excluding tert-OH is 1. The predicted molar refractivity (Wildman–Crippen MR) is 69.7 cm³/mol. The van der Waals surface area contributed by atoms with Crippen molar-refractivity contribution >= 4 is 0 Å². The summed E-state index contributed by atoms with van der Waals surface area (Å²) in [6, 6.07) is 5.35. The third-order valence-electron chi connectivity index (χ3n) is 3.75. The molecule has 0 aliphatic heterocycles. The van der Waals surface area contributed by atoms with Crippen LogP contribution in [0.5, 0.6) is 11.5 Å². The SMILES string of the molecule is COc1ccc(CNC(C)(CO)C2CC2)cc1O. The first kappa shape index (κ1) is 13.2. The molecule has 1 saturated carbocycles. The highest BCUT2D eigenvalue weighted by Gasteiger charge is 2.40. The highest BCUT2D eigenvalue weighted by Crippen LogP contribution is 2.39. The van der Waals surface area contributed by atoms with E-state index < -0.39 is 0 Å². The quantitative estimate of drug-likeness (QED) is 0.719. The standard InChI is InChI=1S/C14H21NO3/c1-14(9-16,11-4-5-11)15-8-10-3-6-13(18-2)12(17)7-10/h3,6-7,11,15-17H,4-5,8-9H2,1-2H3. The van der Waals surface area contributed by atoms with Crippen molar-refractivity contribution < 1.29 is 14.9 Å². The summed E-state index contributed by atoms with van der Waals surface area (Å²) in [5.41, 5.74) is 0.767. The number of hydrogen-bond donors (Lipinski definition) is 3. The molecule has 2 rings (SSSR count). The molecule has 0 saturated heterocycles. The monoisotopic (exact) mass is 251 g/mol. The lowest BCUT2D eigenvalue weighted by Gasteiger charge is -2.29. The number of aromatic hydroxyl groups is 1. The van der Waals surface area contributed by atoms with Crippen LogP contribution in [0.3, 0.4) is 0 Å². The Morgan fingerprint density at radius 1 is 1.44 bits per heavy atom. The van der Waals surface area contributed by atoms with Crippen molar-refractivity contribution in [2.75, 3.05) is 13.7 Å². The van der Waals surface area contributed by atoms with Crippen molar-refractivity contribution in [3.8, 4) is 11.5 Å². The highest BCUT2D eigenvalue weighted by atomic mass is 16.5. The molecule has 100 valence electrons. The maximum Gasteiger partial charge on any atom is 0.160 e. The van der Waals surface area contributed by atoms with E-state index in [0.717, 1.165) is 5.56 Å². The van der Waals surface area contributed by atoms with Crippen LogP contribution in [-0.4, -0.2) is 29.5 Å². The molecular formula is C14H21NO3. The second-order valence-electron chi connectivity index (χ2n) is 5.21. The van der Waals surface area contributed by atoms with Gasteiger partial charge in [-0.1, -0.05) is 6.07 Å². The van der Waals surface area contributed by atoms with E-state index in [1.807, 2.05) is 13.0 Å². The first-order chi connectivity index (χ1) is 8.59. The van der Waals surface area contributed by atoms with E-state index in [9.17, 15) is 10.2 Å². The minimum absolute atomic E-state index is 0.139. The van der Waals surface area contributed by atoms with Gasteiger partial charge in [-0.15, -0.1) is 0 Å². The average Bonchev–Trinajstić information content (AvgIpc) is 3.21. The summed E-state index contributed by atoms with van der Waals surface area (Å²) >= 11 is 0. The molecule has 1 aromatic carbocycles. The topological polar surface area (TPSA) is 61.7 Å². The largest absolute Gasteiger partial charge is 0.504 e. The second-order valence-corrected chi connectivity index (χ2v) is 5.21. The van der Waals surface area contributed by atoms with Crippen LogP contribution in [0.25, 0.3) is 0 Å². The van der Waals surface area contributed by atoms with Gasteiger partial charge in [-0.25, -0.2) is 0 Å². The molecule has 1 unspecified atom stereocenters. The van der Waals surface area contributed by atoms with E-state index in [2.05, 4.69) is 5.32 Å². The lowest BCUT2D eigenvalue weighted by Crippen LogP contribution is -2.47. The first-order valence-corrected chi connectivity index (χ1v) is 6.31. The van der Waals surface area contributed by atoms with Crippen LogP contribution in [0, 0.1) is 5.92 Å². The number of aliphatic hydroxyl groups is 1. The minimum atomic E-state index is -0.213. The molecule has 1 atom stereocenters. The van der Waals surface area contributed by atoms with E-state index in [4.69, 9.17) is 4.74 Å². The smallest absolute Gasteiger partial charge is 0.160 e. The van der Waals surface area contributed by atoms with Crippen molar-refractivity contribution in [3.05, 3.63) is 23.8 Å². The predicted octanol–water partition coefficient (Wildman–Crippen LogP) is 1.65. The van der Waals surface area contributed by atoms with Crippen molar-refractivity contribution in [3.63, 3.8) is 0 Å². The summed E-state index contributed by atoms with van der Waals surface area (Å²) in [4.78, 5) is 0. The Kier molecular flexibility index (Phi) is 3.78. The third kappa shape index (κ3) is 2.76. The van der Waals surface area contributed by atoms with E-state index in [0.29, 0.717) is 18.2 Å². The van der Waals surface area contributed by atoms with Crippen LogP contribution in [0.2, 0.25) is 0 Å². The van der Waals surface area contributed by atoms with Gasteiger partial charge in [0.25, 0.3) is 0 Å². The van der Waals surface area contributed by atoms with Gasteiger partial charge in [0.15, 0.2) is 11.5 Å². The zero-order valence-corrected chi connectivity index (χ0v) is 10.9. The highest BCUT2D eigenvalue weighted by molar-refractivity contribution is 5.41. The molecule has 1 aromatic rings. The Bertz CT molecular complexity index is 418. The van der Waals surface area contributed by atoms with Gasteiger partial charge in [0.05, 0.1) is 13.7 Å². The van der Waals surface area contributed by atoms with Crippen LogP contribution >= 0.6 is 0 Å². The zero-order chi connectivity index (χ0) is 13.2. The molecule has 0 aromatic heterocycles. The third-order valence-corrected chi connectivity index (χ3v) is 3.75. The molecular weight excluding hydrogens is 230 g/mol. The van der Waals surface area contributed by atoms with Crippen molar-refractivity contribution in [2.24, 2.45) is 5.92 Å². The van der Waals surface area contributed by atoms with E-state index in [-0.39, 0.29) is 17.9 Å².